The quantitative estimate of drug-likeness (QED) is 0.0578. The fourth-order valence-electron chi connectivity index (χ4n) is 7.86. The smallest absolute Gasteiger partial charge is 0.204 e. The second-order valence-corrected chi connectivity index (χ2v) is 13.5. The Morgan fingerprint density at radius 2 is 1.20 bits per heavy atom. The van der Waals surface area contributed by atoms with E-state index in [0.717, 1.165) is 35.9 Å². The fraction of sp³-hybridized carbons (Fsp3) is 0.243. The molecule has 3 atom stereocenters. The van der Waals surface area contributed by atoms with E-state index in [4.69, 9.17) is 13.6 Å². The van der Waals surface area contributed by atoms with Gasteiger partial charge in [0.2, 0.25) is 22.4 Å². The van der Waals surface area contributed by atoms with Gasteiger partial charge in [-0.15, -0.1) is 0 Å². The summed E-state index contributed by atoms with van der Waals surface area (Å²) in [7, 11) is 1.37. The zero-order valence-electron chi connectivity index (χ0n) is 27.1. The van der Waals surface area contributed by atoms with Gasteiger partial charge in [0.05, 0.1) is 16.9 Å². The molecule has 6 aromatic rings. The maximum absolute atomic E-state index is 14.2. The molecule has 0 aliphatic heterocycles. The van der Waals surface area contributed by atoms with Crippen molar-refractivity contribution in [2.24, 2.45) is 11.3 Å². The van der Waals surface area contributed by atoms with Gasteiger partial charge in [-0.1, -0.05) is 25.5 Å². The minimum absolute atomic E-state index is 0.0647. The molecule has 0 radical (unpaired) electrons. The average molecular weight is 685 g/mol. The molecule has 0 saturated carbocycles. The predicted octanol–water partition coefficient (Wildman–Crippen LogP) is 6.31. The molecule has 258 valence electrons. The monoisotopic (exact) mass is 684 g/mol. The van der Waals surface area contributed by atoms with Gasteiger partial charge in [-0.25, -0.2) is 0 Å². The number of rotatable bonds is 4. The molecule has 50 heavy (non-hydrogen) atoms. The number of benzene rings is 4. The number of hydrogen-bond acceptors (Lipinski definition) is 13. The summed E-state index contributed by atoms with van der Waals surface area (Å²) < 4.78 is 17.8. The maximum Gasteiger partial charge on any atom is 0.204 e. The molecule has 3 unspecified atom stereocenters. The predicted molar refractivity (Wildman–Crippen MR) is 181 cm³/mol. The van der Waals surface area contributed by atoms with E-state index >= 15 is 0 Å². The van der Waals surface area contributed by atoms with Crippen LogP contribution in [-0.4, -0.2) is 48.0 Å². The van der Waals surface area contributed by atoms with Crippen LogP contribution in [0.15, 0.2) is 66.5 Å². The van der Waals surface area contributed by atoms with Gasteiger partial charge in [0, 0.05) is 43.2 Å². The summed E-state index contributed by atoms with van der Waals surface area (Å²) in [6.45, 7) is 5.73. The Morgan fingerprint density at radius 1 is 0.700 bits per heavy atom. The minimum Gasteiger partial charge on any atom is -0.508 e. The molecule has 2 heterocycles. The largest absolute Gasteiger partial charge is 0.508 e. The van der Waals surface area contributed by atoms with Crippen molar-refractivity contribution < 1.29 is 54.4 Å². The third-order valence-corrected chi connectivity index (χ3v) is 9.73. The van der Waals surface area contributed by atoms with Gasteiger partial charge in [-0.2, -0.15) is 0 Å². The molecule has 4 aromatic carbocycles. The summed E-state index contributed by atoms with van der Waals surface area (Å²) in [6, 6.07) is 6.48. The number of phenolic OH excluding ortho intramolecular Hbond substituents is 8. The molecule has 0 saturated heterocycles. The van der Waals surface area contributed by atoms with Crippen LogP contribution in [0.1, 0.15) is 50.3 Å². The van der Waals surface area contributed by atoms with Crippen molar-refractivity contribution >= 4 is 43.9 Å². The molecule has 0 bridgehead atoms. The highest BCUT2D eigenvalue weighted by molar-refractivity contribution is 6.00. The second kappa shape index (κ2) is 11.0. The van der Waals surface area contributed by atoms with Crippen molar-refractivity contribution in [2.45, 2.75) is 39.2 Å². The van der Waals surface area contributed by atoms with Crippen LogP contribution in [0.4, 0.5) is 0 Å². The highest BCUT2D eigenvalue weighted by Crippen LogP contribution is 2.57. The van der Waals surface area contributed by atoms with E-state index in [-0.39, 0.29) is 43.8 Å². The summed E-state index contributed by atoms with van der Waals surface area (Å²) in [4.78, 5) is 28.3. The molecule has 0 fully saturated rings. The third kappa shape index (κ3) is 4.65. The van der Waals surface area contributed by atoms with Crippen molar-refractivity contribution in [3.05, 3.63) is 79.6 Å². The lowest BCUT2D eigenvalue weighted by Gasteiger charge is -2.47. The van der Waals surface area contributed by atoms with Crippen molar-refractivity contribution in [1.29, 1.82) is 0 Å². The number of aromatic hydroxyl groups is 8. The van der Waals surface area contributed by atoms with Crippen LogP contribution in [0.3, 0.4) is 0 Å². The lowest BCUT2D eigenvalue weighted by atomic mass is 9.59. The minimum atomic E-state index is -1.11. The number of ether oxygens (including phenoxy) is 1. The second-order valence-electron chi connectivity index (χ2n) is 13.5. The molecule has 1 aliphatic carbocycles. The van der Waals surface area contributed by atoms with Crippen LogP contribution in [0.25, 0.3) is 43.9 Å². The summed E-state index contributed by atoms with van der Waals surface area (Å²) in [5.41, 5.74) is -2.47. The number of methoxy groups -OCH3 is 1. The van der Waals surface area contributed by atoms with Crippen LogP contribution in [-0.2, 0) is 4.74 Å². The Labute approximate surface area is 281 Å². The van der Waals surface area contributed by atoms with Gasteiger partial charge in [-0.05, 0) is 42.0 Å². The Morgan fingerprint density at radius 3 is 1.74 bits per heavy atom. The zero-order valence-corrected chi connectivity index (χ0v) is 27.1. The van der Waals surface area contributed by atoms with Crippen LogP contribution in [0, 0.1) is 11.3 Å². The fourth-order valence-corrected chi connectivity index (χ4v) is 7.86. The lowest BCUT2D eigenvalue weighted by Crippen LogP contribution is -2.38. The van der Waals surface area contributed by atoms with Crippen LogP contribution in [0.5, 0.6) is 46.0 Å². The van der Waals surface area contributed by atoms with E-state index in [2.05, 4.69) is 0 Å². The molecule has 13 heteroatoms. The SMILES string of the molecule is COC(c1cc(O)c(O)c2oc3cc(O)cc(O)c3c(=O)c12)C1C(c2cc(O)c(O)c3oc4cc(O)cc(O)c4c(=O)c23)C=C(C)CC1(C)C. The molecule has 1 aliphatic rings. The first-order valence-corrected chi connectivity index (χ1v) is 15.5. The van der Waals surface area contributed by atoms with E-state index in [0.29, 0.717) is 6.42 Å². The van der Waals surface area contributed by atoms with Gasteiger partial charge >= 0.3 is 0 Å². The topological polar surface area (TPSA) is 231 Å². The van der Waals surface area contributed by atoms with Crippen molar-refractivity contribution in [3.63, 3.8) is 0 Å². The lowest BCUT2D eigenvalue weighted by molar-refractivity contribution is -0.0141. The normalized spacial score (nSPS) is 18.2. The molecule has 0 amide bonds. The van der Waals surface area contributed by atoms with E-state index in [1.807, 2.05) is 26.8 Å². The number of hydrogen-bond donors (Lipinski definition) is 8. The summed E-state index contributed by atoms with van der Waals surface area (Å²) in [6.07, 6.45) is 1.23. The van der Waals surface area contributed by atoms with E-state index in [1.54, 1.807) is 0 Å². The van der Waals surface area contributed by atoms with Gasteiger partial charge in [0.1, 0.15) is 44.9 Å². The van der Waals surface area contributed by atoms with Crippen molar-refractivity contribution in [1.82, 2.24) is 0 Å². The first-order chi connectivity index (χ1) is 23.5. The summed E-state index contributed by atoms with van der Waals surface area (Å²) >= 11 is 0. The first-order valence-electron chi connectivity index (χ1n) is 15.5. The van der Waals surface area contributed by atoms with Gasteiger partial charge in [0.15, 0.2) is 22.7 Å². The maximum atomic E-state index is 14.2. The van der Waals surface area contributed by atoms with Gasteiger partial charge < -0.3 is 54.4 Å². The van der Waals surface area contributed by atoms with Crippen molar-refractivity contribution in [2.75, 3.05) is 7.11 Å². The van der Waals surface area contributed by atoms with Crippen LogP contribution in [0.2, 0.25) is 0 Å². The van der Waals surface area contributed by atoms with Crippen molar-refractivity contribution in [3.8, 4) is 46.0 Å². The van der Waals surface area contributed by atoms with Crippen LogP contribution < -0.4 is 10.9 Å². The molecule has 2 aromatic heterocycles. The molecule has 7 rings (SSSR count). The summed E-state index contributed by atoms with van der Waals surface area (Å²) in [5, 5.41) is 84.1. The Balaban J connectivity index is 1.57. The number of phenols is 8. The number of allylic oxidation sites excluding steroid dienone is 2. The molecule has 13 nitrogen and oxygen atoms in total. The Bertz CT molecular complexity index is 2590. The Kier molecular flexibility index (Phi) is 7.12. The van der Waals surface area contributed by atoms with Crippen LogP contribution >= 0.6 is 0 Å². The molecule has 8 N–H and O–H groups in total. The Hall–Kier alpha value is -6.08. The zero-order chi connectivity index (χ0) is 36.1. The number of fused-ring (bicyclic) bond motifs is 4. The van der Waals surface area contributed by atoms with Gasteiger partial charge in [-0.3, -0.25) is 9.59 Å². The first kappa shape index (κ1) is 32.5. The average Bonchev–Trinajstić information content (AvgIpc) is 3.01. The molecular weight excluding hydrogens is 652 g/mol. The van der Waals surface area contributed by atoms with E-state index in [9.17, 15) is 50.4 Å². The standard InChI is InChI=1S/C37H32O13/c1-13-5-17(16-10-21(42)30(44)35-25(16)32(46)27-19(40)6-14(38)8-23(27)49-35)29(37(2,3)12-13)34(48-4)18-11-22(43)31(45)36-26(18)33(47)28-20(41)7-15(39)9-24(28)50-36/h5-11,17,29,34,38-45H,12H2,1-4H3. The highest BCUT2D eigenvalue weighted by Gasteiger charge is 2.46. The molecular formula is C37H32O13. The van der Waals surface area contributed by atoms with E-state index in [1.165, 1.54) is 13.2 Å². The highest BCUT2D eigenvalue weighted by atomic mass is 16.5. The van der Waals surface area contributed by atoms with E-state index < -0.39 is 91.4 Å². The summed E-state index contributed by atoms with van der Waals surface area (Å²) in [5.74, 6) is -6.32. The third-order valence-electron chi connectivity index (χ3n) is 9.73. The molecule has 0 spiro atoms. The van der Waals surface area contributed by atoms with Gasteiger partial charge in [0.25, 0.3) is 0 Å².